The van der Waals surface area contributed by atoms with Crippen molar-refractivity contribution in [1.29, 1.82) is 0 Å². The molecule has 1 saturated heterocycles. The predicted octanol–water partition coefficient (Wildman–Crippen LogP) is 3.13. The van der Waals surface area contributed by atoms with E-state index in [-0.39, 0.29) is 5.57 Å². The van der Waals surface area contributed by atoms with Crippen molar-refractivity contribution in [3.8, 4) is 11.5 Å². The highest BCUT2D eigenvalue weighted by Gasteiger charge is 2.34. The lowest BCUT2D eigenvalue weighted by molar-refractivity contribution is -0.117. The molecule has 0 aliphatic carbocycles. The number of aryl methyl sites for hydroxylation is 1. The van der Waals surface area contributed by atoms with E-state index in [4.69, 9.17) is 21.1 Å². The number of carbonyl (C=O) groups excluding carboxylic acids is 2. The van der Waals surface area contributed by atoms with Gasteiger partial charge >= 0.3 is 0 Å². The molecule has 26 heavy (non-hydrogen) atoms. The number of ether oxygens (including phenoxy) is 2. The van der Waals surface area contributed by atoms with E-state index in [1.54, 1.807) is 36.4 Å². The molecule has 2 aromatic rings. The highest BCUT2D eigenvalue weighted by molar-refractivity contribution is 6.33. The van der Waals surface area contributed by atoms with Gasteiger partial charge in [-0.25, -0.2) is 5.01 Å². The summed E-state index contributed by atoms with van der Waals surface area (Å²) in [5.41, 5.74) is 4.59. The zero-order chi connectivity index (χ0) is 18.8. The molecule has 0 saturated carbocycles. The summed E-state index contributed by atoms with van der Waals surface area (Å²) in [4.78, 5) is 24.9. The van der Waals surface area contributed by atoms with Crippen LogP contribution in [0, 0.1) is 6.92 Å². The summed E-state index contributed by atoms with van der Waals surface area (Å²) in [6.45, 7) is 1.86. The van der Waals surface area contributed by atoms with Gasteiger partial charge in [-0.05, 0) is 48.4 Å². The Labute approximate surface area is 155 Å². The average Bonchev–Trinajstić information content (AvgIpc) is 2.92. The largest absolute Gasteiger partial charge is 0.493 e. The van der Waals surface area contributed by atoms with Crippen molar-refractivity contribution in [1.82, 2.24) is 5.43 Å². The van der Waals surface area contributed by atoms with Crippen LogP contribution >= 0.6 is 11.6 Å². The van der Waals surface area contributed by atoms with Crippen LogP contribution in [0.25, 0.3) is 6.08 Å². The lowest BCUT2D eigenvalue weighted by atomic mass is 10.1. The van der Waals surface area contributed by atoms with Crippen molar-refractivity contribution in [2.75, 3.05) is 19.2 Å². The lowest BCUT2D eigenvalue weighted by Gasteiger charge is -2.15. The molecular weight excluding hydrogens is 356 g/mol. The van der Waals surface area contributed by atoms with Gasteiger partial charge in [0, 0.05) is 5.02 Å². The maximum Gasteiger partial charge on any atom is 0.282 e. The maximum atomic E-state index is 12.7. The van der Waals surface area contributed by atoms with E-state index in [9.17, 15) is 9.59 Å². The van der Waals surface area contributed by atoms with Crippen LogP contribution in [0.15, 0.2) is 42.0 Å². The van der Waals surface area contributed by atoms with Crippen LogP contribution in [0.3, 0.4) is 0 Å². The first-order valence-electron chi connectivity index (χ1n) is 7.80. The van der Waals surface area contributed by atoms with Crippen LogP contribution in [-0.4, -0.2) is 26.0 Å². The molecule has 0 bridgehead atoms. The van der Waals surface area contributed by atoms with Crippen LogP contribution in [0.5, 0.6) is 11.5 Å². The highest BCUT2D eigenvalue weighted by atomic mass is 35.5. The van der Waals surface area contributed by atoms with E-state index in [2.05, 4.69) is 5.43 Å². The van der Waals surface area contributed by atoms with E-state index in [1.807, 2.05) is 6.92 Å². The fraction of sp³-hybridized carbons (Fsp3) is 0.158. The van der Waals surface area contributed by atoms with Crippen molar-refractivity contribution in [3.05, 3.63) is 58.1 Å². The van der Waals surface area contributed by atoms with Gasteiger partial charge in [0.25, 0.3) is 11.8 Å². The number of rotatable bonds is 4. The van der Waals surface area contributed by atoms with Gasteiger partial charge in [-0.15, -0.1) is 0 Å². The molecule has 3 rings (SSSR count). The third-order valence-electron chi connectivity index (χ3n) is 4.02. The standard InChI is InChI=1S/C19H17ClN2O4/c1-11-4-6-13(10-15(11)20)22-19(24)14(18(23)21-22)8-12-5-7-16(25-2)17(9-12)26-3/h4-10H,1-3H3,(H,21,23). The summed E-state index contributed by atoms with van der Waals surface area (Å²) in [6, 6.07) is 10.3. The number of hydrogen-bond donors (Lipinski definition) is 1. The normalized spacial score (nSPS) is 15.4. The number of hydrogen-bond acceptors (Lipinski definition) is 4. The molecular formula is C19H17ClN2O4. The summed E-state index contributed by atoms with van der Waals surface area (Å²) in [7, 11) is 3.06. The summed E-state index contributed by atoms with van der Waals surface area (Å²) in [6.07, 6.45) is 1.51. The number of nitrogens with zero attached hydrogens (tertiary/aromatic N) is 1. The van der Waals surface area contributed by atoms with Gasteiger partial charge in [-0.3, -0.25) is 15.0 Å². The van der Waals surface area contributed by atoms with Crippen LogP contribution in [0.1, 0.15) is 11.1 Å². The molecule has 0 radical (unpaired) electrons. The van der Waals surface area contributed by atoms with Crippen LogP contribution in [0.4, 0.5) is 5.69 Å². The van der Waals surface area contributed by atoms with Crippen LogP contribution in [-0.2, 0) is 9.59 Å². The highest BCUT2D eigenvalue weighted by Crippen LogP contribution is 2.30. The zero-order valence-corrected chi connectivity index (χ0v) is 15.3. The minimum Gasteiger partial charge on any atom is -0.493 e. The number of methoxy groups -OCH3 is 2. The number of halogens is 1. The molecule has 1 aliphatic heterocycles. The van der Waals surface area contributed by atoms with E-state index in [1.165, 1.54) is 25.3 Å². The SMILES string of the molecule is COc1ccc(C=C2C(=O)NN(c3ccc(C)c(Cl)c3)C2=O)cc1OC. The number of nitrogens with one attached hydrogen (secondary N) is 1. The number of benzene rings is 2. The minimum absolute atomic E-state index is 0.0221. The third kappa shape index (κ3) is 3.23. The number of carbonyl (C=O) groups is 2. The quantitative estimate of drug-likeness (QED) is 0.661. The fourth-order valence-corrected chi connectivity index (χ4v) is 2.74. The van der Waals surface area contributed by atoms with Gasteiger partial charge in [0.15, 0.2) is 11.5 Å². The van der Waals surface area contributed by atoms with E-state index >= 15 is 0 Å². The van der Waals surface area contributed by atoms with Crippen molar-refractivity contribution in [2.24, 2.45) is 0 Å². The second kappa shape index (κ2) is 7.09. The van der Waals surface area contributed by atoms with Crippen molar-refractivity contribution in [2.45, 2.75) is 6.92 Å². The smallest absolute Gasteiger partial charge is 0.282 e. The molecule has 0 aromatic heterocycles. The predicted molar refractivity (Wildman–Crippen MR) is 99.3 cm³/mol. The van der Waals surface area contributed by atoms with Gasteiger partial charge in [-0.1, -0.05) is 23.7 Å². The van der Waals surface area contributed by atoms with Crippen molar-refractivity contribution < 1.29 is 19.1 Å². The number of anilines is 1. The summed E-state index contributed by atoms with van der Waals surface area (Å²) < 4.78 is 10.4. The van der Waals surface area contributed by atoms with Gasteiger partial charge in [0.2, 0.25) is 0 Å². The van der Waals surface area contributed by atoms with Gasteiger partial charge in [-0.2, -0.15) is 0 Å². The Morgan fingerprint density at radius 1 is 1.04 bits per heavy atom. The molecule has 0 spiro atoms. The van der Waals surface area contributed by atoms with Gasteiger partial charge < -0.3 is 9.47 Å². The molecule has 2 aromatic carbocycles. The van der Waals surface area contributed by atoms with Crippen molar-refractivity contribution in [3.63, 3.8) is 0 Å². The van der Waals surface area contributed by atoms with E-state index < -0.39 is 11.8 Å². The molecule has 1 heterocycles. The number of amides is 2. The van der Waals surface area contributed by atoms with Crippen LogP contribution < -0.4 is 19.9 Å². The molecule has 1 aliphatic rings. The van der Waals surface area contributed by atoms with Crippen molar-refractivity contribution >= 4 is 35.2 Å². The third-order valence-corrected chi connectivity index (χ3v) is 4.43. The van der Waals surface area contributed by atoms with Gasteiger partial charge in [0.1, 0.15) is 5.57 Å². The monoisotopic (exact) mass is 372 g/mol. The van der Waals surface area contributed by atoms with Gasteiger partial charge in [0.05, 0.1) is 19.9 Å². The molecule has 1 N–H and O–H groups in total. The topological polar surface area (TPSA) is 67.9 Å². The first kappa shape index (κ1) is 17.8. The van der Waals surface area contributed by atoms with E-state index in [0.717, 1.165) is 5.56 Å². The second-order valence-electron chi connectivity index (χ2n) is 5.69. The molecule has 7 heteroatoms. The molecule has 2 amide bonds. The van der Waals surface area contributed by atoms with Crippen LogP contribution in [0.2, 0.25) is 5.02 Å². The summed E-state index contributed by atoms with van der Waals surface area (Å²) >= 11 is 6.11. The Balaban J connectivity index is 1.94. The second-order valence-corrected chi connectivity index (χ2v) is 6.09. The molecule has 0 atom stereocenters. The lowest BCUT2D eigenvalue weighted by Crippen LogP contribution is -2.35. The first-order chi connectivity index (χ1) is 12.4. The Morgan fingerprint density at radius 3 is 2.42 bits per heavy atom. The molecule has 1 fully saturated rings. The summed E-state index contributed by atoms with van der Waals surface area (Å²) in [5, 5.41) is 1.70. The Bertz CT molecular complexity index is 924. The summed E-state index contributed by atoms with van der Waals surface area (Å²) in [5.74, 6) is 0.133. The molecule has 134 valence electrons. The zero-order valence-electron chi connectivity index (χ0n) is 14.5. The average molecular weight is 373 g/mol. The first-order valence-corrected chi connectivity index (χ1v) is 8.17. The number of hydrazine groups is 1. The Kier molecular flexibility index (Phi) is 4.86. The fourth-order valence-electron chi connectivity index (χ4n) is 2.57. The molecule has 0 unspecified atom stereocenters. The molecule has 6 nitrogen and oxygen atoms in total. The van der Waals surface area contributed by atoms with E-state index in [0.29, 0.717) is 27.8 Å². The Hall–Kier alpha value is -2.99. The Morgan fingerprint density at radius 2 is 1.77 bits per heavy atom. The maximum absolute atomic E-state index is 12.7. The minimum atomic E-state index is -0.485.